The van der Waals surface area contributed by atoms with Crippen molar-refractivity contribution >= 4 is 47.3 Å². The summed E-state index contributed by atoms with van der Waals surface area (Å²) in [6.07, 6.45) is 3.33. The molecule has 0 saturated carbocycles. The zero-order valence-electron chi connectivity index (χ0n) is 16.3. The number of carbonyl (C=O) groups is 4. The fourth-order valence-corrected chi connectivity index (χ4v) is 5.18. The van der Waals surface area contributed by atoms with E-state index in [2.05, 4.69) is 27.0 Å². The first-order valence-electron chi connectivity index (χ1n) is 8.56. The Balaban J connectivity index is 0.00000110. The van der Waals surface area contributed by atoms with Crippen molar-refractivity contribution in [3.8, 4) is 0 Å². The van der Waals surface area contributed by atoms with Crippen molar-refractivity contribution in [2.75, 3.05) is 12.3 Å². The monoisotopic (exact) mass is 490 g/mol. The van der Waals surface area contributed by atoms with Crippen LogP contribution in [0.15, 0.2) is 30.6 Å². The average Bonchev–Trinajstić information content (AvgIpc) is 2.68. The van der Waals surface area contributed by atoms with Crippen LogP contribution in [0.1, 0.15) is 12.8 Å². The zero-order valence-corrected chi connectivity index (χ0v) is 19.0. The van der Waals surface area contributed by atoms with E-state index in [4.69, 9.17) is 15.9 Å². The van der Waals surface area contributed by atoms with Gasteiger partial charge < -0.3 is 0 Å². The molecular formula is C17H27AsN4O6S. The number of pyridine rings is 1. The van der Waals surface area contributed by atoms with Crippen LogP contribution in [-0.4, -0.2) is 76.8 Å². The van der Waals surface area contributed by atoms with E-state index < -0.39 is 55.9 Å². The first-order chi connectivity index (χ1) is 13.6. The maximum absolute atomic E-state index is 11.9. The molecule has 2 atom stereocenters. The Morgan fingerprint density at radius 1 is 1.14 bits per heavy atom. The Hall–Kier alpha value is -2.10. The summed E-state index contributed by atoms with van der Waals surface area (Å²) >= 11 is -1.09. The topological polar surface area (TPSA) is 172 Å². The molecule has 1 rings (SSSR count). The molecule has 0 spiro atoms. The van der Waals surface area contributed by atoms with Crippen LogP contribution in [0.4, 0.5) is 0 Å². The smallest absolute Gasteiger partial charge is 0.0267 e. The Kier molecular flexibility index (Phi) is 14.6. The molecule has 0 aliphatic heterocycles. The molecule has 0 aliphatic rings. The molecule has 0 aliphatic carbocycles. The van der Waals surface area contributed by atoms with Gasteiger partial charge in [-0.3, -0.25) is 4.98 Å². The number of nitrogens with one attached hydrogen (secondary N) is 2. The van der Waals surface area contributed by atoms with Gasteiger partial charge in [0.2, 0.25) is 0 Å². The van der Waals surface area contributed by atoms with Crippen LogP contribution in [0.2, 0.25) is 11.4 Å². The summed E-state index contributed by atoms with van der Waals surface area (Å²) in [5, 5.41) is 22.0. The van der Waals surface area contributed by atoms with Crippen molar-refractivity contribution in [2.45, 2.75) is 36.3 Å². The number of hydrogen-bond acceptors (Lipinski definition) is 7. The predicted octanol–water partition coefficient (Wildman–Crippen LogP) is -0.0700. The van der Waals surface area contributed by atoms with Crippen molar-refractivity contribution in [3.63, 3.8) is 0 Å². The summed E-state index contributed by atoms with van der Waals surface area (Å²) in [6.45, 7) is -0.528. The SMILES string of the molecule is C[As](C)SC[C@H](NC(=O)CC[C@H](N)C(=O)O)C(=O)NCC(=O)O.c1ccncc1. The number of amides is 2. The first-order valence-corrected chi connectivity index (χ1v) is 15.5. The molecule has 1 aromatic heterocycles. The van der Waals surface area contributed by atoms with Crippen molar-refractivity contribution in [3.05, 3.63) is 30.6 Å². The normalized spacial score (nSPS) is 12.1. The van der Waals surface area contributed by atoms with Crippen LogP contribution >= 0.6 is 10.0 Å². The van der Waals surface area contributed by atoms with Gasteiger partial charge in [0.05, 0.1) is 0 Å². The minimum atomic E-state index is -1.20. The van der Waals surface area contributed by atoms with Gasteiger partial charge in [0.25, 0.3) is 0 Å². The van der Waals surface area contributed by atoms with Crippen LogP contribution in [0.5, 0.6) is 0 Å². The van der Waals surface area contributed by atoms with Crippen molar-refractivity contribution in [1.82, 2.24) is 15.6 Å². The molecule has 29 heavy (non-hydrogen) atoms. The molecule has 0 fully saturated rings. The van der Waals surface area contributed by atoms with Gasteiger partial charge in [0.15, 0.2) is 0 Å². The third-order valence-electron chi connectivity index (χ3n) is 3.13. The number of carboxylic acids is 2. The predicted molar refractivity (Wildman–Crippen MR) is 112 cm³/mol. The fourth-order valence-electron chi connectivity index (χ4n) is 1.68. The van der Waals surface area contributed by atoms with E-state index in [0.29, 0.717) is 5.75 Å². The molecule has 0 radical (unpaired) electrons. The third kappa shape index (κ3) is 15.5. The molecule has 162 valence electrons. The van der Waals surface area contributed by atoms with Crippen LogP contribution in [-0.2, 0) is 19.2 Å². The molecule has 0 aromatic carbocycles. The second-order valence-electron chi connectivity index (χ2n) is 5.85. The van der Waals surface area contributed by atoms with Gasteiger partial charge >= 0.3 is 142 Å². The molecule has 0 saturated heterocycles. The van der Waals surface area contributed by atoms with E-state index in [9.17, 15) is 19.2 Å². The van der Waals surface area contributed by atoms with Gasteiger partial charge in [-0.1, -0.05) is 6.07 Å². The maximum atomic E-state index is 11.9. The summed E-state index contributed by atoms with van der Waals surface area (Å²) in [6, 6.07) is 3.72. The van der Waals surface area contributed by atoms with Gasteiger partial charge in [-0.15, -0.1) is 0 Å². The quantitative estimate of drug-likeness (QED) is 0.266. The van der Waals surface area contributed by atoms with E-state index in [1.165, 1.54) is 0 Å². The van der Waals surface area contributed by atoms with E-state index in [-0.39, 0.29) is 12.8 Å². The van der Waals surface area contributed by atoms with E-state index >= 15 is 0 Å². The van der Waals surface area contributed by atoms with Crippen molar-refractivity contribution in [1.29, 1.82) is 0 Å². The number of nitrogens with zero attached hydrogens (tertiary/aromatic N) is 1. The molecule has 2 amide bonds. The number of nitrogens with two attached hydrogens (primary N) is 1. The Morgan fingerprint density at radius 3 is 2.17 bits per heavy atom. The van der Waals surface area contributed by atoms with Crippen molar-refractivity contribution < 1.29 is 29.4 Å². The number of carbonyl (C=O) groups excluding carboxylic acids is 2. The minimum absolute atomic E-state index is 0.0445. The minimum Gasteiger partial charge on any atom is -0.265 e. The van der Waals surface area contributed by atoms with Crippen LogP contribution in [0.3, 0.4) is 0 Å². The molecule has 10 nitrogen and oxygen atoms in total. The Morgan fingerprint density at radius 2 is 1.76 bits per heavy atom. The Bertz CT molecular complexity index is 623. The number of aromatic nitrogens is 1. The summed E-state index contributed by atoms with van der Waals surface area (Å²) in [5.74, 6) is -3.11. The van der Waals surface area contributed by atoms with Gasteiger partial charge in [-0.25, -0.2) is 0 Å². The van der Waals surface area contributed by atoms with Crippen molar-refractivity contribution in [2.24, 2.45) is 5.73 Å². The molecule has 6 N–H and O–H groups in total. The number of rotatable bonds is 11. The third-order valence-corrected chi connectivity index (χ3v) is 8.32. The molecule has 1 aromatic rings. The van der Waals surface area contributed by atoms with Crippen LogP contribution in [0, 0.1) is 0 Å². The van der Waals surface area contributed by atoms with Gasteiger partial charge in [0, 0.05) is 12.4 Å². The molecule has 0 unspecified atom stereocenters. The summed E-state index contributed by atoms with van der Waals surface area (Å²) in [5.41, 5.74) is 9.45. The summed E-state index contributed by atoms with van der Waals surface area (Å²) in [4.78, 5) is 48.6. The molecule has 1 heterocycles. The maximum Gasteiger partial charge on any atom is 0.0267 e. The molecular weight excluding hydrogens is 463 g/mol. The molecule has 12 heteroatoms. The van der Waals surface area contributed by atoms with E-state index in [0.717, 1.165) is 0 Å². The summed E-state index contributed by atoms with van der Waals surface area (Å²) in [7, 11) is 1.58. The van der Waals surface area contributed by atoms with Crippen LogP contribution < -0.4 is 16.4 Å². The summed E-state index contributed by atoms with van der Waals surface area (Å²) < 4.78 is 0. The molecule has 0 bridgehead atoms. The Labute approximate surface area is 177 Å². The van der Waals surface area contributed by atoms with E-state index in [1.807, 2.05) is 18.2 Å². The van der Waals surface area contributed by atoms with Crippen LogP contribution in [0.25, 0.3) is 0 Å². The number of carboxylic acid groups (broad SMARTS) is 2. The first kappa shape index (κ1) is 26.9. The number of aliphatic carboxylic acids is 2. The average molecular weight is 490 g/mol. The van der Waals surface area contributed by atoms with Gasteiger partial charge in [-0.2, -0.15) is 0 Å². The van der Waals surface area contributed by atoms with Gasteiger partial charge in [-0.05, 0) is 12.1 Å². The number of hydrogen-bond donors (Lipinski definition) is 5. The second kappa shape index (κ2) is 15.8. The largest absolute Gasteiger partial charge is 0.265 e. The van der Waals surface area contributed by atoms with Gasteiger partial charge in [0.1, 0.15) is 0 Å². The fraction of sp³-hybridized carbons (Fsp3) is 0.471. The van der Waals surface area contributed by atoms with E-state index in [1.54, 1.807) is 22.4 Å². The standard InChI is InChI=1S/C12H22AsN3O6S.C5H5N/c1-13(2)23-6-8(11(20)15-5-10(18)19)16-9(17)4-3-7(14)12(21)22;1-2-4-6-5-3-1/h7-8H,3-6,14H2,1-2H3,(H,15,20)(H,16,17)(H,18,19)(H,21,22);1-5H/t7-,8-;/m0./s1. The zero-order chi connectivity index (χ0) is 22.2. The second-order valence-corrected chi connectivity index (χ2v) is 15.3.